The zero-order valence-electron chi connectivity index (χ0n) is 20.7. The Bertz CT molecular complexity index is 1520. The fourth-order valence-corrected chi connectivity index (χ4v) is 4.39. The van der Waals surface area contributed by atoms with Gasteiger partial charge in [0.1, 0.15) is 18.2 Å². The van der Waals surface area contributed by atoms with Crippen LogP contribution in [0.1, 0.15) is 50.1 Å². The van der Waals surface area contributed by atoms with E-state index < -0.39 is 0 Å². The van der Waals surface area contributed by atoms with Crippen LogP contribution in [0.5, 0.6) is 11.5 Å². The van der Waals surface area contributed by atoms with Crippen LogP contribution < -0.4 is 15.0 Å². The van der Waals surface area contributed by atoms with Gasteiger partial charge in [-0.05, 0) is 66.9 Å². The van der Waals surface area contributed by atoms with E-state index >= 15 is 0 Å². The van der Waals surface area contributed by atoms with E-state index in [0.29, 0.717) is 51.0 Å². The minimum atomic E-state index is -0.341. The third kappa shape index (κ3) is 6.19. The fraction of sp³-hybridized carbons (Fsp3) is 0.250. The lowest BCUT2D eigenvalue weighted by atomic mass is 10.1. The zero-order valence-corrected chi connectivity index (χ0v) is 23.0. The van der Waals surface area contributed by atoms with Crippen molar-refractivity contribution in [2.45, 2.75) is 39.7 Å². The molecule has 0 saturated carbocycles. The van der Waals surface area contributed by atoms with Crippen LogP contribution in [0.25, 0.3) is 10.9 Å². The molecule has 0 bridgehead atoms. The van der Waals surface area contributed by atoms with Crippen LogP contribution in [0, 0.1) is 5.82 Å². The molecule has 0 unspecified atom stereocenters. The standard InChI is InChI=1S/C28H26BrClFN3O3/c1-4-17(3)27-33-24-10-9-20(29)14-22(24)28(35)34(27)32-15-19-12-23(30)26(25(13-19)36-5-2)37-16-18-7-6-8-21(31)11-18/h6-15,17H,4-5,16H2,1-3H3/t17-/m1/s1. The average Bonchev–Trinajstić information content (AvgIpc) is 2.87. The highest BCUT2D eigenvalue weighted by molar-refractivity contribution is 9.10. The highest BCUT2D eigenvalue weighted by Gasteiger charge is 2.17. The zero-order chi connectivity index (χ0) is 26.5. The minimum absolute atomic E-state index is 0.0130. The predicted octanol–water partition coefficient (Wildman–Crippen LogP) is 7.32. The maximum Gasteiger partial charge on any atom is 0.282 e. The van der Waals surface area contributed by atoms with E-state index in [4.69, 9.17) is 26.1 Å². The Kier molecular flexibility index (Phi) is 8.61. The molecule has 0 spiro atoms. The molecular weight excluding hydrogens is 561 g/mol. The Morgan fingerprint density at radius 3 is 2.70 bits per heavy atom. The Labute approximate surface area is 227 Å². The molecule has 192 valence electrons. The highest BCUT2D eigenvalue weighted by Crippen LogP contribution is 2.37. The summed E-state index contributed by atoms with van der Waals surface area (Å²) >= 11 is 9.98. The molecule has 3 aromatic carbocycles. The summed E-state index contributed by atoms with van der Waals surface area (Å²) in [6.45, 7) is 6.40. The molecule has 4 rings (SSSR count). The summed E-state index contributed by atoms with van der Waals surface area (Å²) in [4.78, 5) is 18.1. The second-order valence-corrected chi connectivity index (χ2v) is 9.81. The summed E-state index contributed by atoms with van der Waals surface area (Å²) in [6.07, 6.45) is 2.34. The molecule has 6 nitrogen and oxygen atoms in total. The number of fused-ring (bicyclic) bond motifs is 1. The maximum atomic E-state index is 13.5. The van der Waals surface area contributed by atoms with Crippen LogP contribution in [0.3, 0.4) is 0 Å². The first-order valence-corrected chi connectivity index (χ1v) is 13.1. The summed E-state index contributed by atoms with van der Waals surface area (Å²) in [7, 11) is 0. The van der Waals surface area contributed by atoms with Gasteiger partial charge in [0.05, 0.1) is 28.7 Å². The molecule has 0 saturated heterocycles. The Hall–Kier alpha value is -3.23. The van der Waals surface area contributed by atoms with E-state index in [2.05, 4.69) is 21.0 Å². The number of hydrogen-bond donors (Lipinski definition) is 0. The van der Waals surface area contributed by atoms with Crippen molar-refractivity contribution in [1.82, 2.24) is 9.66 Å². The van der Waals surface area contributed by atoms with E-state index in [1.807, 2.05) is 32.9 Å². The number of hydrogen-bond acceptors (Lipinski definition) is 5. The topological polar surface area (TPSA) is 65.7 Å². The van der Waals surface area contributed by atoms with Gasteiger partial charge in [0.2, 0.25) is 0 Å². The van der Waals surface area contributed by atoms with Gasteiger partial charge in [0.15, 0.2) is 11.5 Å². The van der Waals surface area contributed by atoms with Crippen molar-refractivity contribution in [3.8, 4) is 11.5 Å². The molecule has 9 heteroatoms. The third-order valence-electron chi connectivity index (χ3n) is 5.81. The first-order chi connectivity index (χ1) is 17.8. The van der Waals surface area contributed by atoms with Gasteiger partial charge >= 0.3 is 0 Å². The molecule has 0 aliphatic rings. The van der Waals surface area contributed by atoms with Crippen molar-refractivity contribution in [3.63, 3.8) is 0 Å². The van der Waals surface area contributed by atoms with Crippen LogP contribution in [-0.4, -0.2) is 22.5 Å². The normalized spacial score (nSPS) is 12.3. The first kappa shape index (κ1) is 26.8. The van der Waals surface area contributed by atoms with Crippen molar-refractivity contribution < 1.29 is 13.9 Å². The highest BCUT2D eigenvalue weighted by atomic mass is 79.9. The molecule has 4 aromatic rings. The molecule has 37 heavy (non-hydrogen) atoms. The van der Waals surface area contributed by atoms with Crippen LogP contribution in [-0.2, 0) is 6.61 Å². The van der Waals surface area contributed by atoms with Gasteiger partial charge in [-0.1, -0.05) is 53.5 Å². The molecule has 0 amide bonds. The van der Waals surface area contributed by atoms with Crippen molar-refractivity contribution >= 4 is 44.6 Å². The monoisotopic (exact) mass is 585 g/mol. The van der Waals surface area contributed by atoms with Gasteiger partial charge in [-0.3, -0.25) is 4.79 Å². The Morgan fingerprint density at radius 1 is 1.16 bits per heavy atom. The van der Waals surface area contributed by atoms with E-state index in [9.17, 15) is 9.18 Å². The lowest BCUT2D eigenvalue weighted by Gasteiger charge is -2.15. The summed E-state index contributed by atoms with van der Waals surface area (Å²) in [6, 6.07) is 15.0. The van der Waals surface area contributed by atoms with Crippen LogP contribution >= 0.6 is 27.5 Å². The number of aromatic nitrogens is 2. The van der Waals surface area contributed by atoms with Crippen LogP contribution in [0.15, 0.2) is 69.0 Å². The van der Waals surface area contributed by atoms with E-state index in [1.165, 1.54) is 16.8 Å². The number of nitrogens with zero attached hydrogens (tertiary/aromatic N) is 3. The van der Waals surface area contributed by atoms with E-state index in [-0.39, 0.29) is 23.9 Å². The van der Waals surface area contributed by atoms with E-state index in [0.717, 1.165) is 10.9 Å². The fourth-order valence-electron chi connectivity index (χ4n) is 3.75. The van der Waals surface area contributed by atoms with E-state index in [1.54, 1.807) is 36.5 Å². The van der Waals surface area contributed by atoms with Gasteiger partial charge in [-0.15, -0.1) is 0 Å². The van der Waals surface area contributed by atoms with Crippen molar-refractivity contribution in [2.75, 3.05) is 6.61 Å². The quantitative estimate of drug-likeness (QED) is 0.193. The molecule has 0 aliphatic heterocycles. The van der Waals surface area contributed by atoms with Gasteiger partial charge in [-0.25, -0.2) is 9.37 Å². The Morgan fingerprint density at radius 2 is 1.97 bits per heavy atom. The van der Waals surface area contributed by atoms with Gasteiger partial charge in [0.25, 0.3) is 5.56 Å². The first-order valence-electron chi connectivity index (χ1n) is 11.9. The summed E-state index contributed by atoms with van der Waals surface area (Å²) in [5, 5.41) is 5.27. The van der Waals surface area contributed by atoms with Crippen molar-refractivity contribution in [1.29, 1.82) is 0 Å². The Balaban J connectivity index is 1.71. The van der Waals surface area contributed by atoms with Crippen molar-refractivity contribution in [2.24, 2.45) is 5.10 Å². The molecule has 0 fully saturated rings. The molecule has 0 aliphatic carbocycles. The number of halogens is 3. The second-order valence-electron chi connectivity index (χ2n) is 8.48. The lowest BCUT2D eigenvalue weighted by Crippen LogP contribution is -2.23. The molecule has 1 aromatic heterocycles. The minimum Gasteiger partial charge on any atom is -0.490 e. The molecule has 1 atom stereocenters. The molecule has 0 radical (unpaired) electrons. The van der Waals surface area contributed by atoms with Crippen molar-refractivity contribution in [3.05, 3.63) is 97.2 Å². The number of ether oxygens (including phenoxy) is 2. The summed E-state index contributed by atoms with van der Waals surface area (Å²) in [5.74, 6) is 1.01. The third-order valence-corrected chi connectivity index (χ3v) is 6.59. The molecule has 1 heterocycles. The SMILES string of the molecule is CCOc1cc(C=Nn2c([C@H](C)CC)nc3ccc(Br)cc3c2=O)cc(Cl)c1OCc1cccc(F)c1. The largest absolute Gasteiger partial charge is 0.490 e. The summed E-state index contributed by atoms with van der Waals surface area (Å²) < 4.78 is 27.3. The number of rotatable bonds is 9. The van der Waals surface area contributed by atoms with Crippen LogP contribution in [0.2, 0.25) is 5.02 Å². The molecular formula is C28H26BrClFN3O3. The molecule has 0 N–H and O–H groups in total. The lowest BCUT2D eigenvalue weighted by molar-refractivity contribution is 0.269. The smallest absolute Gasteiger partial charge is 0.282 e. The second kappa shape index (κ2) is 11.9. The van der Waals surface area contributed by atoms with Crippen LogP contribution in [0.4, 0.5) is 4.39 Å². The van der Waals surface area contributed by atoms with Gasteiger partial charge < -0.3 is 9.47 Å². The summed E-state index contributed by atoms with van der Waals surface area (Å²) in [5.41, 5.74) is 1.64. The number of benzene rings is 3. The predicted molar refractivity (Wildman–Crippen MR) is 149 cm³/mol. The van der Waals surface area contributed by atoms with Gasteiger partial charge in [-0.2, -0.15) is 9.78 Å². The van der Waals surface area contributed by atoms with Gasteiger partial charge in [0, 0.05) is 10.4 Å². The average molecular weight is 587 g/mol. The maximum absolute atomic E-state index is 13.5.